The van der Waals surface area contributed by atoms with Gasteiger partial charge in [0.05, 0.1) is 6.04 Å². The van der Waals surface area contributed by atoms with Gasteiger partial charge < -0.3 is 10.6 Å². The van der Waals surface area contributed by atoms with Crippen LogP contribution in [0.15, 0.2) is 30.3 Å². The Labute approximate surface area is 150 Å². The van der Waals surface area contributed by atoms with Crippen molar-refractivity contribution in [2.24, 2.45) is 11.1 Å². The average molecular weight is 357 g/mol. The van der Waals surface area contributed by atoms with Crippen LogP contribution >= 0.6 is 24.2 Å². The fraction of sp³-hybridized carbons (Fsp3) is 0.611. The molecule has 1 aliphatic heterocycles. The number of hydrogen-bond acceptors (Lipinski definition) is 3. The third-order valence-corrected chi connectivity index (χ3v) is 5.32. The lowest BCUT2D eigenvalue weighted by Crippen LogP contribution is -2.43. The Hall–Kier alpha value is -0.710. The molecule has 1 unspecified atom stereocenters. The van der Waals surface area contributed by atoms with Crippen LogP contribution in [0, 0.1) is 5.41 Å². The van der Waals surface area contributed by atoms with E-state index < -0.39 is 0 Å². The number of likely N-dealkylation sites (tertiary alicyclic amines) is 1. The number of nitrogens with zero attached hydrogens (tertiary/aromatic N) is 1. The largest absolute Gasteiger partial charge is 0.341 e. The van der Waals surface area contributed by atoms with Gasteiger partial charge in [-0.2, -0.15) is 11.8 Å². The SMILES string of the molecule is CSCC[C@H](N)C(=O)N1CCC(C)(CCc2ccccc2)C1.Cl. The molecule has 1 fully saturated rings. The fourth-order valence-corrected chi connectivity index (χ4v) is 3.60. The molecule has 1 amide bonds. The highest BCUT2D eigenvalue weighted by Crippen LogP contribution is 2.34. The van der Waals surface area contributed by atoms with Gasteiger partial charge in [0.15, 0.2) is 0 Å². The molecule has 23 heavy (non-hydrogen) atoms. The van der Waals surface area contributed by atoms with Crippen molar-refractivity contribution < 1.29 is 4.79 Å². The van der Waals surface area contributed by atoms with E-state index in [9.17, 15) is 4.79 Å². The van der Waals surface area contributed by atoms with Gasteiger partial charge in [0, 0.05) is 13.1 Å². The zero-order chi connectivity index (χ0) is 16.0. The van der Waals surface area contributed by atoms with Crippen molar-refractivity contribution in [2.75, 3.05) is 25.1 Å². The quantitative estimate of drug-likeness (QED) is 0.814. The van der Waals surface area contributed by atoms with E-state index in [1.54, 1.807) is 11.8 Å². The van der Waals surface area contributed by atoms with Gasteiger partial charge in [0.2, 0.25) is 5.91 Å². The van der Waals surface area contributed by atoms with Crippen LogP contribution in [0.4, 0.5) is 0 Å². The first-order valence-corrected chi connectivity index (χ1v) is 9.51. The zero-order valence-corrected chi connectivity index (χ0v) is 15.8. The average Bonchev–Trinajstić information content (AvgIpc) is 2.94. The molecule has 1 aromatic carbocycles. The molecule has 2 rings (SSSR count). The fourth-order valence-electron chi connectivity index (χ4n) is 3.11. The van der Waals surface area contributed by atoms with E-state index in [1.807, 2.05) is 11.2 Å². The Morgan fingerprint density at radius 3 is 2.74 bits per heavy atom. The summed E-state index contributed by atoms with van der Waals surface area (Å²) in [5.74, 6) is 1.09. The van der Waals surface area contributed by atoms with E-state index in [0.29, 0.717) is 0 Å². The first-order valence-electron chi connectivity index (χ1n) is 8.11. The highest BCUT2D eigenvalue weighted by atomic mass is 35.5. The Morgan fingerprint density at radius 1 is 1.39 bits per heavy atom. The van der Waals surface area contributed by atoms with Gasteiger partial charge in [-0.05, 0) is 48.7 Å². The van der Waals surface area contributed by atoms with Crippen LogP contribution in [0.25, 0.3) is 0 Å². The molecular weight excluding hydrogens is 328 g/mol. The predicted octanol–water partition coefficient (Wildman–Crippen LogP) is 3.36. The van der Waals surface area contributed by atoms with Crippen molar-refractivity contribution in [3.05, 3.63) is 35.9 Å². The van der Waals surface area contributed by atoms with Crippen molar-refractivity contribution in [1.82, 2.24) is 4.90 Å². The standard InChI is InChI=1S/C18H28N2OS.ClH/c1-18(10-8-15-6-4-3-5-7-15)11-12-20(14-18)17(21)16(19)9-13-22-2;/h3-7,16H,8-14,19H2,1-2H3;1H/t16-,18?;/m0./s1. The Morgan fingerprint density at radius 2 is 2.09 bits per heavy atom. The van der Waals surface area contributed by atoms with Crippen LogP contribution in [0.5, 0.6) is 0 Å². The first kappa shape index (κ1) is 20.3. The summed E-state index contributed by atoms with van der Waals surface area (Å²) in [6, 6.07) is 10.3. The van der Waals surface area contributed by atoms with Crippen LogP contribution in [-0.2, 0) is 11.2 Å². The summed E-state index contributed by atoms with van der Waals surface area (Å²) in [5, 5.41) is 0. The summed E-state index contributed by atoms with van der Waals surface area (Å²) in [4.78, 5) is 14.4. The van der Waals surface area contributed by atoms with E-state index in [1.165, 1.54) is 5.56 Å². The second kappa shape index (κ2) is 9.55. The van der Waals surface area contributed by atoms with E-state index >= 15 is 0 Å². The summed E-state index contributed by atoms with van der Waals surface area (Å²) >= 11 is 1.74. The lowest BCUT2D eigenvalue weighted by molar-refractivity contribution is -0.132. The number of hydrogen-bond donors (Lipinski definition) is 1. The molecule has 3 nitrogen and oxygen atoms in total. The van der Waals surface area contributed by atoms with E-state index in [2.05, 4.69) is 37.3 Å². The molecular formula is C18H29ClN2OS. The molecule has 1 heterocycles. The number of rotatable bonds is 7. The summed E-state index contributed by atoms with van der Waals surface area (Å²) in [5.41, 5.74) is 7.64. The van der Waals surface area contributed by atoms with Crippen molar-refractivity contribution in [1.29, 1.82) is 0 Å². The maximum Gasteiger partial charge on any atom is 0.239 e. The first-order chi connectivity index (χ1) is 10.5. The van der Waals surface area contributed by atoms with Gasteiger partial charge in [-0.15, -0.1) is 12.4 Å². The molecule has 0 aliphatic carbocycles. The summed E-state index contributed by atoms with van der Waals surface area (Å²) in [7, 11) is 0. The topological polar surface area (TPSA) is 46.3 Å². The molecule has 2 atom stereocenters. The van der Waals surface area contributed by atoms with E-state index in [4.69, 9.17) is 5.73 Å². The van der Waals surface area contributed by atoms with Crippen LogP contribution in [0.1, 0.15) is 31.7 Å². The van der Waals surface area contributed by atoms with E-state index in [-0.39, 0.29) is 29.8 Å². The lowest BCUT2D eigenvalue weighted by atomic mass is 9.83. The molecule has 130 valence electrons. The zero-order valence-electron chi connectivity index (χ0n) is 14.2. The normalized spacial score (nSPS) is 21.8. The number of thioether (sulfide) groups is 1. The summed E-state index contributed by atoms with van der Waals surface area (Å²) < 4.78 is 0. The Kier molecular flexibility index (Phi) is 8.45. The maximum atomic E-state index is 12.4. The van der Waals surface area contributed by atoms with Crippen molar-refractivity contribution in [2.45, 2.75) is 38.6 Å². The minimum atomic E-state index is -0.330. The van der Waals surface area contributed by atoms with Crippen LogP contribution in [0.3, 0.4) is 0 Å². The van der Waals surface area contributed by atoms with Gasteiger partial charge in [-0.25, -0.2) is 0 Å². The molecule has 1 aromatic rings. The summed E-state index contributed by atoms with van der Waals surface area (Å²) in [6.07, 6.45) is 6.12. The second-order valence-corrected chi connectivity index (χ2v) is 7.68. The van der Waals surface area contributed by atoms with Gasteiger partial charge in [0.25, 0.3) is 0 Å². The van der Waals surface area contributed by atoms with Crippen LogP contribution in [-0.4, -0.2) is 41.9 Å². The third-order valence-electron chi connectivity index (χ3n) is 4.68. The maximum absolute atomic E-state index is 12.4. The molecule has 0 aromatic heterocycles. The van der Waals surface area contributed by atoms with Crippen molar-refractivity contribution in [3.8, 4) is 0 Å². The van der Waals surface area contributed by atoms with Crippen molar-refractivity contribution >= 4 is 30.1 Å². The highest BCUT2D eigenvalue weighted by Gasteiger charge is 2.36. The summed E-state index contributed by atoms with van der Waals surface area (Å²) in [6.45, 7) is 4.01. The Balaban J connectivity index is 0.00000264. The highest BCUT2D eigenvalue weighted by molar-refractivity contribution is 7.98. The van der Waals surface area contributed by atoms with Crippen LogP contribution < -0.4 is 5.73 Å². The molecule has 5 heteroatoms. The minimum absolute atomic E-state index is 0. The molecule has 0 radical (unpaired) electrons. The van der Waals surface area contributed by atoms with Gasteiger partial charge in [0.1, 0.15) is 0 Å². The smallest absolute Gasteiger partial charge is 0.239 e. The molecule has 1 saturated heterocycles. The number of aryl methyl sites for hydroxylation is 1. The lowest BCUT2D eigenvalue weighted by Gasteiger charge is -2.26. The molecule has 2 N–H and O–H groups in total. The second-order valence-electron chi connectivity index (χ2n) is 6.69. The molecule has 1 aliphatic rings. The molecule has 0 spiro atoms. The van der Waals surface area contributed by atoms with Crippen molar-refractivity contribution in [3.63, 3.8) is 0 Å². The van der Waals surface area contributed by atoms with Gasteiger partial charge in [-0.3, -0.25) is 4.79 Å². The molecule has 0 saturated carbocycles. The third kappa shape index (κ3) is 6.02. The van der Waals surface area contributed by atoms with Crippen LogP contribution in [0.2, 0.25) is 0 Å². The van der Waals surface area contributed by atoms with E-state index in [0.717, 1.165) is 44.5 Å². The van der Waals surface area contributed by atoms with Gasteiger partial charge in [-0.1, -0.05) is 37.3 Å². The van der Waals surface area contributed by atoms with Gasteiger partial charge >= 0.3 is 0 Å². The number of benzene rings is 1. The number of carbonyl (C=O) groups is 1. The monoisotopic (exact) mass is 356 g/mol. The minimum Gasteiger partial charge on any atom is -0.341 e. The molecule has 0 bridgehead atoms. The Bertz CT molecular complexity index is 485. The number of carbonyl (C=O) groups excluding carboxylic acids is 1. The number of halogens is 1. The number of nitrogens with two attached hydrogens (primary N) is 1. The predicted molar refractivity (Wildman–Crippen MR) is 102 cm³/mol. The number of amides is 1.